The van der Waals surface area contributed by atoms with E-state index in [1.165, 1.54) is 5.56 Å². The fourth-order valence-corrected chi connectivity index (χ4v) is 1.04. The Morgan fingerprint density at radius 1 is 1.45 bits per heavy atom. The summed E-state index contributed by atoms with van der Waals surface area (Å²) in [5.41, 5.74) is 2.25. The highest BCUT2D eigenvalue weighted by atomic mass is 15.0. The van der Waals surface area contributed by atoms with Crippen LogP contribution in [0.15, 0.2) is 12.1 Å². The van der Waals surface area contributed by atoms with Crippen LogP contribution in [-0.4, -0.2) is 12.0 Å². The van der Waals surface area contributed by atoms with Crippen molar-refractivity contribution in [1.82, 2.24) is 4.98 Å². The van der Waals surface area contributed by atoms with Gasteiger partial charge in [-0.15, -0.1) is 0 Å². The van der Waals surface area contributed by atoms with Gasteiger partial charge in [-0.05, 0) is 18.9 Å². The second kappa shape index (κ2) is 3.37. The van der Waals surface area contributed by atoms with Gasteiger partial charge in [0.05, 0.1) is 0 Å². The molecular formula is C9H13N2-. The number of nitrogens with zero attached hydrogens (tertiary/aromatic N) is 2. The lowest BCUT2D eigenvalue weighted by Gasteiger charge is -2.16. The third kappa shape index (κ3) is 1.70. The van der Waals surface area contributed by atoms with Crippen molar-refractivity contribution in [2.24, 2.45) is 0 Å². The van der Waals surface area contributed by atoms with Gasteiger partial charge in [0, 0.05) is 0 Å². The van der Waals surface area contributed by atoms with Crippen LogP contribution in [0, 0.1) is 6.92 Å². The molecule has 0 bridgehead atoms. The van der Waals surface area contributed by atoms with Gasteiger partial charge in [-0.2, -0.15) is 0 Å². The molecule has 11 heavy (non-hydrogen) atoms. The fourth-order valence-electron chi connectivity index (χ4n) is 1.04. The van der Waals surface area contributed by atoms with Gasteiger partial charge < -0.3 is 10.3 Å². The number of aromatic nitrogens is 1. The average molecular weight is 149 g/mol. The highest BCUT2D eigenvalue weighted by Gasteiger charge is 1.90. The van der Waals surface area contributed by atoms with Crippen molar-refractivity contribution in [3.63, 3.8) is 0 Å². The van der Waals surface area contributed by atoms with Crippen molar-refractivity contribution in [1.29, 1.82) is 0 Å². The molecule has 0 aromatic carbocycles. The molecule has 0 unspecified atom stereocenters. The minimum absolute atomic E-state index is 0.882. The monoisotopic (exact) mass is 149 g/mol. The molecule has 0 fully saturated rings. The van der Waals surface area contributed by atoms with Gasteiger partial charge >= 0.3 is 0 Å². The van der Waals surface area contributed by atoms with Crippen LogP contribution in [0.1, 0.15) is 18.2 Å². The van der Waals surface area contributed by atoms with Gasteiger partial charge in [0.15, 0.2) is 0 Å². The van der Waals surface area contributed by atoms with Crippen LogP contribution >= 0.6 is 0 Å². The van der Waals surface area contributed by atoms with E-state index in [4.69, 9.17) is 0 Å². The maximum absolute atomic E-state index is 4.30. The van der Waals surface area contributed by atoms with Crippen molar-refractivity contribution < 1.29 is 0 Å². The van der Waals surface area contributed by atoms with Gasteiger partial charge in [0.2, 0.25) is 0 Å². The minimum atomic E-state index is 0.882. The number of hydrogen-bond acceptors (Lipinski definition) is 1. The molecule has 0 aliphatic carbocycles. The largest absolute Gasteiger partial charge is 0.469 e. The lowest BCUT2D eigenvalue weighted by molar-refractivity contribution is 1.09. The zero-order valence-corrected chi connectivity index (χ0v) is 7.26. The van der Waals surface area contributed by atoms with Crippen molar-refractivity contribution in [2.45, 2.75) is 20.3 Å². The molecule has 1 aromatic heterocycles. The summed E-state index contributed by atoms with van der Waals surface area (Å²) in [6, 6.07) is 4.11. The normalized spacial score (nSPS) is 9.73. The topological polar surface area (TPSA) is 27.0 Å². The maximum Gasteiger partial charge on any atom is -0.0309 e. The quantitative estimate of drug-likeness (QED) is 0.635. The number of hydrogen-bond donors (Lipinski definition) is 0. The first-order valence-corrected chi connectivity index (χ1v) is 3.84. The first-order valence-electron chi connectivity index (χ1n) is 3.84. The molecule has 0 saturated heterocycles. The Kier molecular flexibility index (Phi) is 2.47. The predicted molar refractivity (Wildman–Crippen MR) is 47.3 cm³/mol. The van der Waals surface area contributed by atoms with E-state index in [1.807, 2.05) is 13.0 Å². The van der Waals surface area contributed by atoms with Gasteiger partial charge in [-0.3, -0.25) is 0 Å². The molecule has 0 radical (unpaired) electrons. The highest BCUT2D eigenvalue weighted by Crippen LogP contribution is 2.19. The SMILES string of the molecule is CCc1ccc(C)nc1[N-]C. The number of pyridine rings is 1. The fraction of sp³-hybridized carbons (Fsp3) is 0.444. The van der Waals surface area contributed by atoms with E-state index in [9.17, 15) is 0 Å². The Morgan fingerprint density at radius 2 is 2.18 bits per heavy atom. The number of aryl methyl sites for hydroxylation is 2. The Bertz CT molecular complexity index is 243. The van der Waals surface area contributed by atoms with E-state index in [0.29, 0.717) is 0 Å². The third-order valence-corrected chi connectivity index (χ3v) is 1.69. The van der Waals surface area contributed by atoms with E-state index in [1.54, 1.807) is 7.05 Å². The molecule has 1 rings (SSSR count). The zero-order valence-electron chi connectivity index (χ0n) is 7.26. The van der Waals surface area contributed by atoms with Crippen molar-refractivity contribution in [2.75, 3.05) is 7.05 Å². The molecule has 0 atom stereocenters. The van der Waals surface area contributed by atoms with E-state index >= 15 is 0 Å². The molecule has 0 spiro atoms. The van der Waals surface area contributed by atoms with E-state index in [0.717, 1.165) is 17.9 Å². The summed E-state index contributed by atoms with van der Waals surface area (Å²) in [6.45, 7) is 4.09. The minimum Gasteiger partial charge on any atom is -0.469 e. The van der Waals surface area contributed by atoms with E-state index in [-0.39, 0.29) is 0 Å². The Balaban J connectivity index is 3.06. The Hall–Kier alpha value is -1.05. The Labute approximate surface area is 67.7 Å². The van der Waals surface area contributed by atoms with Crippen molar-refractivity contribution >= 4 is 5.82 Å². The number of rotatable bonds is 2. The van der Waals surface area contributed by atoms with Gasteiger partial charge in [0.25, 0.3) is 0 Å². The van der Waals surface area contributed by atoms with Crippen LogP contribution in [0.2, 0.25) is 0 Å². The van der Waals surface area contributed by atoms with Gasteiger partial charge in [-0.1, -0.05) is 37.6 Å². The second-order valence-electron chi connectivity index (χ2n) is 2.51. The molecular weight excluding hydrogens is 136 g/mol. The van der Waals surface area contributed by atoms with Crippen LogP contribution in [-0.2, 0) is 6.42 Å². The molecule has 0 aliphatic heterocycles. The summed E-state index contributed by atoms with van der Waals surface area (Å²) in [6.07, 6.45) is 1.000. The summed E-state index contributed by atoms with van der Waals surface area (Å²) in [4.78, 5) is 4.30. The maximum atomic E-state index is 4.30. The molecule has 0 amide bonds. The molecule has 2 nitrogen and oxygen atoms in total. The Morgan fingerprint density at radius 3 is 2.73 bits per heavy atom. The van der Waals surface area contributed by atoms with Crippen molar-refractivity contribution in [3.8, 4) is 0 Å². The van der Waals surface area contributed by atoms with E-state index in [2.05, 4.69) is 23.3 Å². The molecule has 0 saturated carbocycles. The van der Waals surface area contributed by atoms with Crippen LogP contribution < -0.4 is 0 Å². The van der Waals surface area contributed by atoms with E-state index < -0.39 is 0 Å². The highest BCUT2D eigenvalue weighted by molar-refractivity contribution is 5.48. The summed E-state index contributed by atoms with van der Waals surface area (Å²) >= 11 is 0. The smallest absolute Gasteiger partial charge is 0.0309 e. The molecule has 1 aromatic rings. The van der Waals surface area contributed by atoms with Crippen LogP contribution in [0.4, 0.5) is 5.82 Å². The second-order valence-corrected chi connectivity index (χ2v) is 2.51. The zero-order chi connectivity index (χ0) is 8.27. The molecule has 0 N–H and O–H groups in total. The van der Waals surface area contributed by atoms with Gasteiger partial charge in [0.1, 0.15) is 0 Å². The third-order valence-electron chi connectivity index (χ3n) is 1.69. The molecule has 1 heterocycles. The van der Waals surface area contributed by atoms with Gasteiger partial charge in [-0.25, -0.2) is 0 Å². The molecule has 2 heteroatoms. The summed E-state index contributed by atoms with van der Waals surface area (Å²) in [5.74, 6) is 0.882. The van der Waals surface area contributed by atoms with Crippen LogP contribution in [0.5, 0.6) is 0 Å². The predicted octanol–water partition coefficient (Wildman–Crippen LogP) is 2.59. The average Bonchev–Trinajstić information content (AvgIpc) is 2.04. The first-order chi connectivity index (χ1) is 5.27. The van der Waals surface area contributed by atoms with Crippen LogP contribution in [0.25, 0.3) is 5.32 Å². The summed E-state index contributed by atoms with van der Waals surface area (Å²) in [5, 5.41) is 4.09. The summed E-state index contributed by atoms with van der Waals surface area (Å²) < 4.78 is 0. The lowest BCUT2D eigenvalue weighted by atomic mass is 10.2. The lowest BCUT2D eigenvalue weighted by Crippen LogP contribution is -1.88. The first kappa shape index (κ1) is 8.05. The standard InChI is InChI=1S/C9H13N2/c1-4-8-6-5-7(2)11-9(8)10-3/h5-6H,4H2,1-3H3/q-1. The molecule has 60 valence electrons. The molecule has 0 aliphatic rings. The summed E-state index contributed by atoms with van der Waals surface area (Å²) in [7, 11) is 1.78. The van der Waals surface area contributed by atoms with Crippen molar-refractivity contribution in [3.05, 3.63) is 28.7 Å². The van der Waals surface area contributed by atoms with Crippen LogP contribution in [0.3, 0.4) is 0 Å².